The number of rotatable bonds is 6. The number of aliphatic carboxylic acids is 1. The molecule has 0 aliphatic heterocycles. The van der Waals surface area contributed by atoms with Crippen molar-refractivity contribution in [3.8, 4) is 0 Å². The van der Waals surface area contributed by atoms with Gasteiger partial charge in [0.25, 0.3) is 0 Å². The predicted octanol–water partition coefficient (Wildman–Crippen LogP) is 1.15. The van der Waals surface area contributed by atoms with Gasteiger partial charge in [-0.15, -0.1) is 0 Å². The molecule has 0 aliphatic carbocycles. The van der Waals surface area contributed by atoms with E-state index in [-0.39, 0.29) is 12.8 Å². The zero-order valence-electron chi connectivity index (χ0n) is 9.08. The van der Waals surface area contributed by atoms with Crippen LogP contribution in [0.1, 0.15) is 46.5 Å². The van der Waals surface area contributed by atoms with Crippen LogP contribution in [0, 0.1) is 0 Å². The Morgan fingerprint density at radius 1 is 1.14 bits per heavy atom. The molecule has 4 heteroatoms. The van der Waals surface area contributed by atoms with Gasteiger partial charge in [-0.3, -0.25) is 0 Å². The van der Waals surface area contributed by atoms with Crippen molar-refractivity contribution < 1.29 is 20.1 Å². The zero-order chi connectivity index (χ0) is 11.4. The lowest BCUT2D eigenvalue weighted by atomic mass is 9.78. The highest BCUT2D eigenvalue weighted by atomic mass is 16.4. The van der Waals surface area contributed by atoms with Gasteiger partial charge in [-0.05, 0) is 19.8 Å². The van der Waals surface area contributed by atoms with Crippen LogP contribution in [0.4, 0.5) is 0 Å². The molecule has 84 valence electrons. The van der Waals surface area contributed by atoms with Gasteiger partial charge >= 0.3 is 5.97 Å². The van der Waals surface area contributed by atoms with Gasteiger partial charge in [-0.2, -0.15) is 0 Å². The molecule has 0 rings (SSSR count). The second-order valence-electron chi connectivity index (χ2n) is 3.94. The van der Waals surface area contributed by atoms with E-state index in [0.717, 1.165) is 0 Å². The summed E-state index contributed by atoms with van der Waals surface area (Å²) in [6, 6.07) is 0. The lowest BCUT2D eigenvalue weighted by Crippen LogP contribution is -2.57. The molecule has 0 amide bonds. The number of aliphatic hydroxyl groups is 2. The summed E-state index contributed by atoms with van der Waals surface area (Å²) in [5.74, 6) is -1.35. The first-order chi connectivity index (χ1) is 6.31. The second kappa shape index (κ2) is 4.75. The van der Waals surface area contributed by atoms with Crippen molar-refractivity contribution in [3.05, 3.63) is 0 Å². The minimum absolute atomic E-state index is 0.0648. The van der Waals surface area contributed by atoms with Crippen LogP contribution < -0.4 is 0 Å². The molecule has 14 heavy (non-hydrogen) atoms. The van der Waals surface area contributed by atoms with E-state index in [1.165, 1.54) is 6.92 Å². The minimum atomic E-state index is -2.03. The Morgan fingerprint density at radius 2 is 1.57 bits per heavy atom. The fourth-order valence-corrected chi connectivity index (χ4v) is 1.66. The fourth-order valence-electron chi connectivity index (χ4n) is 1.66. The van der Waals surface area contributed by atoms with Gasteiger partial charge in [0.15, 0.2) is 5.60 Å². The average molecular weight is 204 g/mol. The van der Waals surface area contributed by atoms with Gasteiger partial charge in [0.05, 0.1) is 0 Å². The van der Waals surface area contributed by atoms with Crippen LogP contribution in [0.3, 0.4) is 0 Å². The summed E-state index contributed by atoms with van der Waals surface area (Å²) in [7, 11) is 0. The van der Waals surface area contributed by atoms with Gasteiger partial charge in [0, 0.05) is 0 Å². The molecule has 0 saturated heterocycles. The van der Waals surface area contributed by atoms with E-state index in [9.17, 15) is 15.0 Å². The number of carboxylic acid groups (broad SMARTS) is 1. The molecule has 0 saturated carbocycles. The zero-order valence-corrected chi connectivity index (χ0v) is 9.08. The van der Waals surface area contributed by atoms with Gasteiger partial charge in [0.2, 0.25) is 0 Å². The van der Waals surface area contributed by atoms with Gasteiger partial charge in [-0.1, -0.05) is 26.7 Å². The molecule has 0 fully saturated rings. The predicted molar refractivity (Wildman–Crippen MR) is 53.0 cm³/mol. The summed E-state index contributed by atoms with van der Waals surface area (Å²) in [5.41, 5.74) is -3.60. The highest BCUT2D eigenvalue weighted by Crippen LogP contribution is 2.31. The van der Waals surface area contributed by atoms with E-state index >= 15 is 0 Å². The summed E-state index contributed by atoms with van der Waals surface area (Å²) in [6.45, 7) is 4.99. The molecular weight excluding hydrogens is 184 g/mol. The molecule has 2 unspecified atom stereocenters. The van der Waals surface area contributed by atoms with Crippen molar-refractivity contribution in [3.63, 3.8) is 0 Å². The van der Waals surface area contributed by atoms with E-state index in [1.54, 1.807) is 6.92 Å². The number of carboxylic acids is 1. The van der Waals surface area contributed by atoms with Crippen molar-refractivity contribution in [2.45, 2.75) is 57.7 Å². The number of hydrogen-bond acceptors (Lipinski definition) is 3. The standard InChI is InChI=1S/C10H20O4/c1-4-6-9(3,13)10(14,7-5-2)8(11)12/h13-14H,4-7H2,1-3H3,(H,11,12). The largest absolute Gasteiger partial charge is 0.479 e. The first-order valence-corrected chi connectivity index (χ1v) is 5.00. The van der Waals surface area contributed by atoms with Crippen LogP contribution in [0.2, 0.25) is 0 Å². The van der Waals surface area contributed by atoms with Crippen LogP contribution >= 0.6 is 0 Å². The van der Waals surface area contributed by atoms with Crippen molar-refractivity contribution >= 4 is 5.97 Å². The molecule has 2 atom stereocenters. The molecule has 0 bridgehead atoms. The minimum Gasteiger partial charge on any atom is -0.479 e. The fraction of sp³-hybridized carbons (Fsp3) is 0.900. The maximum atomic E-state index is 10.9. The third-order valence-electron chi connectivity index (χ3n) is 2.59. The topological polar surface area (TPSA) is 77.8 Å². The first kappa shape index (κ1) is 13.4. The maximum Gasteiger partial charge on any atom is 0.338 e. The van der Waals surface area contributed by atoms with Gasteiger partial charge < -0.3 is 15.3 Å². The summed E-state index contributed by atoms with van der Waals surface area (Å²) >= 11 is 0. The van der Waals surface area contributed by atoms with Crippen LogP contribution in [0.25, 0.3) is 0 Å². The summed E-state index contributed by atoms with van der Waals surface area (Å²) in [4.78, 5) is 10.9. The summed E-state index contributed by atoms with van der Waals surface area (Å²) in [6.07, 6.45) is 1.49. The summed E-state index contributed by atoms with van der Waals surface area (Å²) in [5, 5.41) is 28.7. The third kappa shape index (κ3) is 2.45. The third-order valence-corrected chi connectivity index (χ3v) is 2.59. The molecule has 0 aliphatic rings. The number of hydrogen-bond donors (Lipinski definition) is 3. The van der Waals surface area contributed by atoms with Gasteiger partial charge in [0.1, 0.15) is 5.60 Å². The van der Waals surface area contributed by atoms with Crippen molar-refractivity contribution in [2.24, 2.45) is 0 Å². The Balaban J connectivity index is 4.88. The SMILES string of the molecule is CCCC(C)(O)C(O)(CCC)C(=O)O. The Kier molecular flexibility index (Phi) is 4.55. The van der Waals surface area contributed by atoms with E-state index < -0.39 is 17.2 Å². The Hall–Kier alpha value is -0.610. The highest BCUT2D eigenvalue weighted by Gasteiger charge is 2.50. The molecule has 0 spiro atoms. The molecule has 0 aromatic rings. The van der Waals surface area contributed by atoms with Gasteiger partial charge in [-0.25, -0.2) is 4.79 Å². The molecule has 0 radical (unpaired) electrons. The van der Waals surface area contributed by atoms with Crippen molar-refractivity contribution in [1.82, 2.24) is 0 Å². The highest BCUT2D eigenvalue weighted by molar-refractivity contribution is 5.78. The Labute approximate surface area is 84.6 Å². The van der Waals surface area contributed by atoms with E-state index in [0.29, 0.717) is 12.8 Å². The normalized spacial score (nSPS) is 19.8. The van der Waals surface area contributed by atoms with E-state index in [1.807, 2.05) is 6.92 Å². The molecule has 0 heterocycles. The molecule has 0 aromatic heterocycles. The lowest BCUT2D eigenvalue weighted by Gasteiger charge is -2.37. The summed E-state index contributed by atoms with van der Waals surface area (Å²) < 4.78 is 0. The van der Waals surface area contributed by atoms with Crippen molar-refractivity contribution in [1.29, 1.82) is 0 Å². The van der Waals surface area contributed by atoms with E-state index in [4.69, 9.17) is 5.11 Å². The smallest absolute Gasteiger partial charge is 0.338 e. The van der Waals surface area contributed by atoms with Crippen LogP contribution in [0.5, 0.6) is 0 Å². The molecular formula is C10H20O4. The first-order valence-electron chi connectivity index (χ1n) is 5.00. The Morgan fingerprint density at radius 3 is 1.86 bits per heavy atom. The van der Waals surface area contributed by atoms with Crippen LogP contribution in [0.15, 0.2) is 0 Å². The quantitative estimate of drug-likeness (QED) is 0.606. The van der Waals surface area contributed by atoms with E-state index in [2.05, 4.69) is 0 Å². The van der Waals surface area contributed by atoms with Crippen molar-refractivity contribution in [2.75, 3.05) is 0 Å². The average Bonchev–Trinajstić information content (AvgIpc) is 2.03. The maximum absolute atomic E-state index is 10.9. The lowest BCUT2D eigenvalue weighted by molar-refractivity contribution is -0.192. The molecule has 3 N–H and O–H groups in total. The second-order valence-corrected chi connectivity index (χ2v) is 3.94. The molecule has 4 nitrogen and oxygen atoms in total. The molecule has 0 aromatic carbocycles. The van der Waals surface area contributed by atoms with Crippen LogP contribution in [-0.4, -0.2) is 32.5 Å². The monoisotopic (exact) mass is 204 g/mol. The number of carbonyl (C=O) groups is 1. The Bertz CT molecular complexity index is 200. The van der Waals surface area contributed by atoms with Crippen LogP contribution in [-0.2, 0) is 4.79 Å².